The third kappa shape index (κ3) is 3.08. The summed E-state index contributed by atoms with van der Waals surface area (Å²) in [4.78, 5) is 35.6. The molecule has 0 bridgehead atoms. The normalized spacial score (nSPS) is 21.2. The van der Waals surface area contributed by atoms with Crippen molar-refractivity contribution in [2.45, 2.75) is 25.8 Å². The first kappa shape index (κ1) is 15.1. The van der Waals surface area contributed by atoms with Gasteiger partial charge in [-0.1, -0.05) is 18.5 Å². The SMILES string of the molecule is CC[C@@]1(C)NC(=O)N(NC(=O)Nc2ccc(Cl)cc2)C1=O. The highest BCUT2D eigenvalue weighted by Crippen LogP contribution is 2.19. The Bertz CT molecular complexity index is 590. The second-order valence-electron chi connectivity index (χ2n) is 4.83. The van der Waals surface area contributed by atoms with Crippen molar-refractivity contribution in [2.24, 2.45) is 0 Å². The smallest absolute Gasteiger partial charge is 0.322 e. The van der Waals surface area contributed by atoms with E-state index in [4.69, 9.17) is 11.6 Å². The van der Waals surface area contributed by atoms with Crippen molar-refractivity contribution in [3.63, 3.8) is 0 Å². The van der Waals surface area contributed by atoms with E-state index < -0.39 is 23.5 Å². The molecule has 3 N–H and O–H groups in total. The Hall–Kier alpha value is -2.28. The first-order valence-electron chi connectivity index (χ1n) is 6.35. The summed E-state index contributed by atoms with van der Waals surface area (Å²) in [5.41, 5.74) is 1.71. The minimum atomic E-state index is -0.995. The van der Waals surface area contributed by atoms with Crippen molar-refractivity contribution in [3.05, 3.63) is 29.3 Å². The molecule has 1 saturated heterocycles. The third-order valence-corrected chi connectivity index (χ3v) is 3.54. The number of urea groups is 2. The molecule has 7 nitrogen and oxygen atoms in total. The molecule has 1 aliphatic rings. The van der Waals surface area contributed by atoms with Crippen molar-refractivity contribution in [3.8, 4) is 0 Å². The zero-order valence-electron chi connectivity index (χ0n) is 11.6. The molecule has 21 heavy (non-hydrogen) atoms. The largest absolute Gasteiger partial charge is 0.344 e. The van der Waals surface area contributed by atoms with E-state index in [2.05, 4.69) is 16.1 Å². The van der Waals surface area contributed by atoms with Gasteiger partial charge in [0.1, 0.15) is 5.54 Å². The molecule has 8 heteroatoms. The van der Waals surface area contributed by atoms with Gasteiger partial charge >= 0.3 is 12.1 Å². The van der Waals surface area contributed by atoms with Crippen LogP contribution in [0.15, 0.2) is 24.3 Å². The highest BCUT2D eigenvalue weighted by molar-refractivity contribution is 6.30. The van der Waals surface area contributed by atoms with Crippen molar-refractivity contribution >= 4 is 35.3 Å². The molecule has 1 aromatic carbocycles. The molecule has 0 aromatic heterocycles. The molecule has 1 atom stereocenters. The lowest BCUT2D eigenvalue weighted by Gasteiger charge is -2.19. The number of amides is 5. The lowest BCUT2D eigenvalue weighted by molar-refractivity contribution is -0.132. The van der Waals surface area contributed by atoms with E-state index >= 15 is 0 Å². The van der Waals surface area contributed by atoms with Gasteiger partial charge in [0.15, 0.2) is 0 Å². The summed E-state index contributed by atoms with van der Waals surface area (Å²) in [7, 11) is 0. The number of hydrogen-bond donors (Lipinski definition) is 3. The van der Waals surface area contributed by atoms with Crippen molar-refractivity contribution in [1.82, 2.24) is 15.8 Å². The molecular formula is C13H15ClN4O3. The average Bonchev–Trinajstić information content (AvgIpc) is 2.66. The number of imide groups is 1. The predicted molar refractivity (Wildman–Crippen MR) is 77.7 cm³/mol. The highest BCUT2D eigenvalue weighted by Gasteiger charge is 2.47. The number of carbonyl (C=O) groups is 3. The van der Waals surface area contributed by atoms with Crippen LogP contribution >= 0.6 is 11.6 Å². The molecule has 0 radical (unpaired) electrons. The quantitative estimate of drug-likeness (QED) is 0.747. The van der Waals surface area contributed by atoms with Crippen LogP contribution in [-0.2, 0) is 4.79 Å². The number of rotatable bonds is 3. The van der Waals surface area contributed by atoms with E-state index in [0.717, 1.165) is 0 Å². The van der Waals surface area contributed by atoms with Gasteiger partial charge in [0, 0.05) is 10.7 Å². The minimum absolute atomic E-state index is 0.425. The van der Waals surface area contributed by atoms with Gasteiger partial charge in [-0.15, -0.1) is 0 Å². The lowest BCUT2D eigenvalue weighted by Crippen LogP contribution is -2.49. The number of hydrogen-bond acceptors (Lipinski definition) is 3. The van der Waals surface area contributed by atoms with Gasteiger partial charge in [-0.25, -0.2) is 15.0 Å². The number of nitrogens with one attached hydrogen (secondary N) is 3. The zero-order chi connectivity index (χ0) is 15.6. The number of benzene rings is 1. The van der Waals surface area contributed by atoms with Gasteiger partial charge in [-0.2, -0.15) is 5.01 Å². The summed E-state index contributed by atoms with van der Waals surface area (Å²) in [5.74, 6) is -0.499. The summed E-state index contributed by atoms with van der Waals surface area (Å²) in [5, 5.41) is 6.25. The maximum absolute atomic E-state index is 12.1. The Morgan fingerprint density at radius 1 is 1.33 bits per heavy atom. The van der Waals surface area contributed by atoms with Gasteiger partial charge in [-0.3, -0.25) is 4.79 Å². The van der Waals surface area contributed by atoms with E-state index in [1.165, 1.54) is 0 Å². The Morgan fingerprint density at radius 2 is 1.95 bits per heavy atom. The van der Waals surface area contributed by atoms with Crippen LogP contribution < -0.4 is 16.1 Å². The fourth-order valence-electron chi connectivity index (χ4n) is 1.82. The maximum atomic E-state index is 12.1. The molecule has 112 valence electrons. The second kappa shape index (κ2) is 5.61. The monoisotopic (exact) mass is 310 g/mol. The summed E-state index contributed by atoms with van der Waals surface area (Å²) in [6, 6.07) is 5.07. The van der Waals surface area contributed by atoms with Crippen LogP contribution in [0, 0.1) is 0 Å². The molecule has 2 rings (SSSR count). The number of anilines is 1. The van der Waals surface area contributed by atoms with Gasteiger partial charge in [0.2, 0.25) is 0 Å². The molecule has 0 saturated carbocycles. The summed E-state index contributed by atoms with van der Waals surface area (Å²) in [6.07, 6.45) is 0.425. The first-order chi connectivity index (χ1) is 9.85. The Morgan fingerprint density at radius 3 is 2.48 bits per heavy atom. The molecule has 0 spiro atoms. The van der Waals surface area contributed by atoms with Crippen LogP contribution in [0.3, 0.4) is 0 Å². The van der Waals surface area contributed by atoms with E-state index in [0.29, 0.717) is 22.1 Å². The number of halogens is 1. The maximum Gasteiger partial charge on any atom is 0.344 e. The Balaban J connectivity index is 2.01. The zero-order valence-corrected chi connectivity index (χ0v) is 12.3. The summed E-state index contributed by atoms with van der Waals surface area (Å²) in [6.45, 7) is 3.38. The van der Waals surface area contributed by atoms with Gasteiger partial charge in [-0.05, 0) is 37.6 Å². The van der Waals surface area contributed by atoms with Gasteiger partial charge < -0.3 is 10.6 Å². The number of nitrogens with zero attached hydrogens (tertiary/aromatic N) is 1. The standard InChI is InChI=1S/C13H15ClN4O3/c1-3-13(2)10(19)18(12(21)16-13)17-11(20)15-9-6-4-8(14)5-7-9/h4-7H,3H2,1-2H3,(H,16,21)(H2,15,17,20)/t13-/m1/s1. The van der Waals surface area contributed by atoms with Crippen LogP contribution in [0.5, 0.6) is 0 Å². The first-order valence-corrected chi connectivity index (χ1v) is 6.73. The topological polar surface area (TPSA) is 90.5 Å². The number of carbonyl (C=O) groups excluding carboxylic acids is 3. The fraction of sp³-hybridized carbons (Fsp3) is 0.308. The molecule has 1 aromatic rings. The van der Waals surface area contributed by atoms with E-state index in [1.54, 1.807) is 38.1 Å². The Kier molecular flexibility index (Phi) is 4.04. The molecule has 1 fully saturated rings. The Labute approximate surface area is 126 Å². The molecule has 1 heterocycles. The van der Waals surface area contributed by atoms with Crippen LogP contribution in [0.1, 0.15) is 20.3 Å². The molecular weight excluding hydrogens is 296 g/mol. The molecule has 5 amide bonds. The van der Waals surface area contributed by atoms with Crippen LogP contribution in [0.2, 0.25) is 5.02 Å². The summed E-state index contributed by atoms with van der Waals surface area (Å²) < 4.78 is 0. The highest BCUT2D eigenvalue weighted by atomic mass is 35.5. The third-order valence-electron chi connectivity index (χ3n) is 3.28. The fourth-order valence-corrected chi connectivity index (χ4v) is 1.95. The minimum Gasteiger partial charge on any atom is -0.322 e. The molecule has 0 aliphatic carbocycles. The van der Waals surface area contributed by atoms with E-state index in [1.807, 2.05) is 0 Å². The lowest BCUT2D eigenvalue weighted by atomic mass is 10.00. The van der Waals surface area contributed by atoms with Crippen LogP contribution in [-0.4, -0.2) is 28.5 Å². The van der Waals surface area contributed by atoms with E-state index in [-0.39, 0.29) is 0 Å². The molecule has 1 aliphatic heterocycles. The average molecular weight is 311 g/mol. The van der Waals surface area contributed by atoms with Crippen molar-refractivity contribution < 1.29 is 14.4 Å². The summed E-state index contributed by atoms with van der Waals surface area (Å²) >= 11 is 5.74. The van der Waals surface area contributed by atoms with Crippen LogP contribution in [0.4, 0.5) is 15.3 Å². The van der Waals surface area contributed by atoms with Crippen molar-refractivity contribution in [1.29, 1.82) is 0 Å². The van der Waals surface area contributed by atoms with Gasteiger partial charge in [0.25, 0.3) is 5.91 Å². The van der Waals surface area contributed by atoms with Gasteiger partial charge in [0.05, 0.1) is 0 Å². The second-order valence-corrected chi connectivity index (χ2v) is 5.27. The van der Waals surface area contributed by atoms with E-state index in [9.17, 15) is 14.4 Å². The molecule has 0 unspecified atom stereocenters. The predicted octanol–water partition coefficient (Wildman–Crippen LogP) is 2.10. The van der Waals surface area contributed by atoms with Crippen molar-refractivity contribution in [2.75, 3.05) is 5.32 Å². The van der Waals surface area contributed by atoms with Crippen LogP contribution in [0.25, 0.3) is 0 Å². The number of hydrazine groups is 1.